The van der Waals surface area contributed by atoms with Gasteiger partial charge < -0.3 is 10.6 Å². The molecule has 0 radical (unpaired) electrons. The molecule has 0 saturated heterocycles. The summed E-state index contributed by atoms with van der Waals surface area (Å²) in [5.74, 6) is 1.05. The molecule has 0 aliphatic rings. The van der Waals surface area contributed by atoms with E-state index in [0.29, 0.717) is 6.04 Å². The van der Waals surface area contributed by atoms with Crippen LogP contribution in [0.1, 0.15) is 31.9 Å². The van der Waals surface area contributed by atoms with Crippen LogP contribution in [0, 0.1) is 0 Å². The van der Waals surface area contributed by atoms with Crippen molar-refractivity contribution in [1.82, 2.24) is 4.98 Å². The van der Waals surface area contributed by atoms with E-state index in [9.17, 15) is 0 Å². The van der Waals surface area contributed by atoms with E-state index < -0.39 is 0 Å². The molecule has 3 nitrogen and oxygen atoms in total. The van der Waals surface area contributed by atoms with Gasteiger partial charge in [-0.05, 0) is 50.5 Å². The van der Waals surface area contributed by atoms with Gasteiger partial charge in [0, 0.05) is 24.0 Å². The molecule has 1 atom stereocenters. The van der Waals surface area contributed by atoms with E-state index >= 15 is 0 Å². The van der Waals surface area contributed by atoms with Crippen molar-refractivity contribution < 1.29 is 0 Å². The zero-order chi connectivity index (χ0) is 17.8. The molecule has 0 fully saturated rings. The minimum atomic E-state index is 0.104. The Kier molecular flexibility index (Phi) is 5.34. The van der Waals surface area contributed by atoms with Crippen molar-refractivity contribution in [2.24, 2.45) is 5.73 Å². The van der Waals surface area contributed by atoms with Crippen LogP contribution in [0.2, 0.25) is 0 Å². The number of para-hydroxylation sites is 1. The second-order valence-corrected chi connectivity index (χ2v) is 7.05. The smallest absolute Gasteiger partial charge is 0.133 e. The van der Waals surface area contributed by atoms with Gasteiger partial charge in [-0.25, -0.2) is 4.98 Å². The first-order chi connectivity index (χ1) is 12.0. The number of hydrogen-bond acceptors (Lipinski definition) is 3. The minimum Gasteiger partial charge on any atom is -0.350 e. The van der Waals surface area contributed by atoms with Gasteiger partial charge in [0.1, 0.15) is 5.82 Å². The van der Waals surface area contributed by atoms with Crippen molar-refractivity contribution in [2.45, 2.75) is 45.8 Å². The van der Waals surface area contributed by atoms with Gasteiger partial charge in [0.05, 0.1) is 5.52 Å². The van der Waals surface area contributed by atoms with E-state index in [4.69, 9.17) is 10.7 Å². The number of aromatic nitrogens is 1. The van der Waals surface area contributed by atoms with Gasteiger partial charge in [0.25, 0.3) is 0 Å². The van der Waals surface area contributed by atoms with Crippen molar-refractivity contribution >= 4 is 16.7 Å². The Hall–Kier alpha value is -2.39. The van der Waals surface area contributed by atoms with E-state index in [2.05, 4.69) is 80.3 Å². The molecule has 3 rings (SSSR count). The molecule has 0 aliphatic carbocycles. The predicted molar refractivity (Wildman–Crippen MR) is 107 cm³/mol. The number of rotatable bonds is 6. The molecule has 2 N–H and O–H groups in total. The fourth-order valence-corrected chi connectivity index (χ4v) is 3.18. The molecule has 2 aromatic carbocycles. The average molecular weight is 333 g/mol. The number of benzene rings is 2. The molecule has 3 aromatic rings. The van der Waals surface area contributed by atoms with Crippen LogP contribution in [0.4, 0.5) is 5.82 Å². The fourth-order valence-electron chi connectivity index (χ4n) is 3.18. The first-order valence-electron chi connectivity index (χ1n) is 8.99. The lowest BCUT2D eigenvalue weighted by molar-refractivity contribution is 0.661. The molecule has 3 heteroatoms. The lowest BCUT2D eigenvalue weighted by atomic mass is 10.0. The summed E-state index contributed by atoms with van der Waals surface area (Å²) >= 11 is 0. The third-order valence-electron chi connectivity index (χ3n) is 4.41. The summed E-state index contributed by atoms with van der Waals surface area (Å²) in [5, 5.41) is 1.17. The van der Waals surface area contributed by atoms with Crippen LogP contribution < -0.4 is 10.6 Å². The molecule has 130 valence electrons. The molecule has 0 saturated carbocycles. The van der Waals surface area contributed by atoms with Crippen molar-refractivity contribution in [3.63, 3.8) is 0 Å². The van der Waals surface area contributed by atoms with Gasteiger partial charge in [-0.1, -0.05) is 48.5 Å². The fraction of sp³-hybridized carbons (Fsp3) is 0.318. The maximum atomic E-state index is 6.12. The molecule has 0 bridgehead atoms. The Balaban J connectivity index is 2.08. The summed E-state index contributed by atoms with van der Waals surface area (Å²) in [5.41, 5.74) is 9.66. The first-order valence-corrected chi connectivity index (χ1v) is 8.99. The second kappa shape index (κ2) is 7.66. The zero-order valence-corrected chi connectivity index (χ0v) is 15.3. The second-order valence-electron chi connectivity index (χ2n) is 7.05. The maximum absolute atomic E-state index is 6.12. The van der Waals surface area contributed by atoms with Gasteiger partial charge in [-0.15, -0.1) is 0 Å². The molecule has 0 amide bonds. The van der Waals surface area contributed by atoms with Crippen LogP contribution in [0.3, 0.4) is 0 Å². The average Bonchev–Trinajstić information content (AvgIpc) is 2.59. The maximum Gasteiger partial charge on any atom is 0.133 e. The van der Waals surface area contributed by atoms with E-state index in [0.717, 1.165) is 24.3 Å². The van der Waals surface area contributed by atoms with Gasteiger partial charge in [0.15, 0.2) is 0 Å². The van der Waals surface area contributed by atoms with Crippen LogP contribution in [0.15, 0.2) is 60.7 Å². The van der Waals surface area contributed by atoms with E-state index in [1.165, 1.54) is 16.5 Å². The number of nitrogens with two attached hydrogens (primary N) is 1. The van der Waals surface area contributed by atoms with Gasteiger partial charge >= 0.3 is 0 Å². The van der Waals surface area contributed by atoms with Gasteiger partial charge in [0.2, 0.25) is 0 Å². The SMILES string of the molecule is CC(N)Cc1cc2ccccc2nc1N(Cc1ccccc1)C(C)C. The van der Waals surface area contributed by atoms with Crippen molar-refractivity contribution in [2.75, 3.05) is 4.90 Å². The third kappa shape index (κ3) is 4.18. The standard InChI is InChI=1S/C22H27N3/c1-16(2)25(15-18-9-5-4-6-10-18)22-20(13-17(3)23)14-19-11-7-8-12-21(19)24-22/h4-12,14,16-17H,13,15,23H2,1-3H3. The first kappa shape index (κ1) is 17.4. The van der Waals surface area contributed by atoms with Crippen LogP contribution in [0.5, 0.6) is 0 Å². The Morgan fingerprint density at radius 2 is 1.64 bits per heavy atom. The molecular weight excluding hydrogens is 306 g/mol. The zero-order valence-electron chi connectivity index (χ0n) is 15.3. The minimum absolute atomic E-state index is 0.104. The summed E-state index contributed by atoms with van der Waals surface area (Å²) in [4.78, 5) is 7.39. The number of hydrogen-bond donors (Lipinski definition) is 1. The number of anilines is 1. The Labute approximate surface area is 150 Å². The van der Waals surface area contributed by atoms with Crippen molar-refractivity contribution in [3.8, 4) is 0 Å². The quantitative estimate of drug-likeness (QED) is 0.720. The number of pyridine rings is 1. The summed E-state index contributed by atoms with van der Waals surface area (Å²) in [6.45, 7) is 7.33. The van der Waals surface area contributed by atoms with Crippen molar-refractivity contribution in [1.29, 1.82) is 0 Å². The Bertz CT molecular complexity index is 825. The highest BCUT2D eigenvalue weighted by Gasteiger charge is 2.18. The van der Waals surface area contributed by atoms with Crippen LogP contribution in [0.25, 0.3) is 10.9 Å². The summed E-state index contributed by atoms with van der Waals surface area (Å²) in [6.07, 6.45) is 0.825. The highest BCUT2D eigenvalue weighted by molar-refractivity contribution is 5.82. The van der Waals surface area contributed by atoms with E-state index in [1.807, 2.05) is 6.07 Å². The van der Waals surface area contributed by atoms with Crippen LogP contribution in [-0.2, 0) is 13.0 Å². The largest absolute Gasteiger partial charge is 0.350 e. The predicted octanol–water partition coefficient (Wildman–Crippen LogP) is 4.54. The topological polar surface area (TPSA) is 42.1 Å². The highest BCUT2D eigenvalue weighted by Crippen LogP contribution is 2.27. The summed E-state index contributed by atoms with van der Waals surface area (Å²) < 4.78 is 0. The molecule has 0 aliphatic heterocycles. The molecule has 1 heterocycles. The third-order valence-corrected chi connectivity index (χ3v) is 4.41. The highest BCUT2D eigenvalue weighted by atomic mass is 15.2. The van der Waals surface area contributed by atoms with Crippen LogP contribution in [-0.4, -0.2) is 17.1 Å². The van der Waals surface area contributed by atoms with Crippen molar-refractivity contribution in [3.05, 3.63) is 71.8 Å². The number of fused-ring (bicyclic) bond motifs is 1. The molecule has 1 aromatic heterocycles. The van der Waals surface area contributed by atoms with Gasteiger partial charge in [-0.3, -0.25) is 0 Å². The van der Waals surface area contributed by atoms with E-state index in [1.54, 1.807) is 0 Å². The van der Waals surface area contributed by atoms with Crippen LogP contribution >= 0.6 is 0 Å². The molecular formula is C22H27N3. The Morgan fingerprint density at radius 1 is 0.960 bits per heavy atom. The van der Waals surface area contributed by atoms with Gasteiger partial charge in [-0.2, -0.15) is 0 Å². The molecule has 0 spiro atoms. The molecule has 25 heavy (non-hydrogen) atoms. The monoisotopic (exact) mass is 333 g/mol. The summed E-state index contributed by atoms with van der Waals surface area (Å²) in [6, 6.07) is 21.6. The lowest BCUT2D eigenvalue weighted by Gasteiger charge is -2.30. The molecule has 1 unspecified atom stereocenters. The lowest BCUT2D eigenvalue weighted by Crippen LogP contribution is -2.32. The van der Waals surface area contributed by atoms with E-state index in [-0.39, 0.29) is 6.04 Å². The normalized spacial score (nSPS) is 12.5. The summed E-state index contributed by atoms with van der Waals surface area (Å²) in [7, 11) is 0. The number of nitrogens with zero attached hydrogens (tertiary/aromatic N) is 2. The Morgan fingerprint density at radius 3 is 2.32 bits per heavy atom.